The van der Waals surface area contributed by atoms with Crippen molar-refractivity contribution in [1.82, 2.24) is 20.1 Å². The maximum Gasteiger partial charge on any atom is 0.233 e. The molecule has 4 rings (SSSR count). The van der Waals surface area contributed by atoms with Crippen LogP contribution in [0.3, 0.4) is 0 Å². The van der Waals surface area contributed by atoms with Gasteiger partial charge in [0.05, 0.1) is 10.9 Å². The van der Waals surface area contributed by atoms with Gasteiger partial charge in [-0.1, -0.05) is 49.2 Å². The molecule has 2 saturated carbocycles. The lowest BCUT2D eigenvalue weighted by atomic mass is 9.89. The first-order valence-corrected chi connectivity index (χ1v) is 11.1. The zero-order valence-corrected chi connectivity index (χ0v) is 16.8. The third-order valence-electron chi connectivity index (χ3n) is 5.50. The maximum absolute atomic E-state index is 12.5. The second-order valence-electron chi connectivity index (χ2n) is 7.78. The minimum Gasteiger partial charge on any atom is -0.355 e. The largest absolute Gasteiger partial charge is 0.355 e. The Kier molecular flexibility index (Phi) is 5.81. The molecule has 0 aliphatic heterocycles. The molecule has 2 aliphatic carbocycles. The number of thioether (sulfide) groups is 1. The fourth-order valence-electron chi connectivity index (χ4n) is 3.71. The van der Waals surface area contributed by atoms with Crippen LogP contribution in [-0.4, -0.2) is 32.5 Å². The minimum absolute atomic E-state index is 0.0922. The predicted octanol–water partition coefficient (Wildman–Crippen LogP) is 4.32. The van der Waals surface area contributed by atoms with Gasteiger partial charge < -0.3 is 5.32 Å². The van der Waals surface area contributed by atoms with Crippen molar-refractivity contribution in [2.45, 2.75) is 68.2 Å². The molecule has 1 heterocycles. The van der Waals surface area contributed by atoms with Crippen molar-refractivity contribution in [1.29, 1.82) is 0 Å². The summed E-state index contributed by atoms with van der Waals surface area (Å²) in [5, 5.41) is 8.35. The van der Waals surface area contributed by atoms with Gasteiger partial charge in [0.1, 0.15) is 5.82 Å². The normalized spacial score (nSPS) is 19.0. The zero-order valence-electron chi connectivity index (χ0n) is 15.9. The summed E-state index contributed by atoms with van der Waals surface area (Å²) in [5.41, 5.74) is 1.04. The molecule has 1 amide bonds. The van der Waals surface area contributed by atoms with E-state index in [9.17, 15) is 4.79 Å². The predicted molar refractivity (Wildman–Crippen MR) is 108 cm³/mol. The lowest BCUT2D eigenvalue weighted by Gasteiger charge is -2.22. The van der Waals surface area contributed by atoms with Crippen LogP contribution in [0, 0.1) is 5.92 Å². The number of rotatable bonds is 7. The Bertz CT molecular complexity index is 766. The molecule has 6 heteroatoms. The molecule has 1 N–H and O–H groups in total. The average molecular weight is 385 g/mol. The lowest BCUT2D eigenvalue weighted by molar-refractivity contribution is -0.120. The van der Waals surface area contributed by atoms with E-state index in [4.69, 9.17) is 10.1 Å². The average Bonchev–Trinajstić information content (AvgIpc) is 3.48. The van der Waals surface area contributed by atoms with Gasteiger partial charge in [-0.25, -0.2) is 9.67 Å². The number of carbonyl (C=O) groups excluding carboxylic acids is 1. The van der Waals surface area contributed by atoms with Gasteiger partial charge in [0.25, 0.3) is 0 Å². The topological polar surface area (TPSA) is 59.8 Å². The van der Waals surface area contributed by atoms with Crippen LogP contribution < -0.4 is 5.32 Å². The van der Waals surface area contributed by atoms with Crippen molar-refractivity contribution in [2.75, 3.05) is 6.54 Å². The number of hydrogen-bond acceptors (Lipinski definition) is 4. The molecule has 0 saturated heterocycles. The Morgan fingerprint density at radius 3 is 2.63 bits per heavy atom. The quantitative estimate of drug-likeness (QED) is 0.722. The highest BCUT2D eigenvalue weighted by molar-refractivity contribution is 8.00. The molecule has 1 atom stereocenters. The van der Waals surface area contributed by atoms with Crippen LogP contribution in [0.15, 0.2) is 35.5 Å². The number of amides is 1. The summed E-state index contributed by atoms with van der Waals surface area (Å²) < 4.78 is 1.95. The van der Waals surface area contributed by atoms with Gasteiger partial charge >= 0.3 is 0 Å². The first-order valence-electron chi connectivity index (χ1n) is 10.2. The van der Waals surface area contributed by atoms with E-state index in [1.165, 1.54) is 56.7 Å². The fourth-order valence-corrected chi connectivity index (χ4v) is 4.49. The summed E-state index contributed by atoms with van der Waals surface area (Å²) >= 11 is 1.46. The monoisotopic (exact) mass is 384 g/mol. The Hall–Kier alpha value is -1.82. The van der Waals surface area contributed by atoms with Gasteiger partial charge in [-0.3, -0.25) is 4.79 Å². The molecule has 0 spiro atoms. The Balaban J connectivity index is 1.39. The van der Waals surface area contributed by atoms with E-state index in [0.29, 0.717) is 17.0 Å². The third-order valence-corrected chi connectivity index (χ3v) is 6.45. The Labute approximate surface area is 165 Å². The third kappa shape index (κ3) is 4.72. The van der Waals surface area contributed by atoms with Crippen LogP contribution in [0.25, 0.3) is 5.69 Å². The van der Waals surface area contributed by atoms with E-state index in [0.717, 1.165) is 18.1 Å². The standard InChI is InChI=1S/C21H28N4OS/c1-15(20(26)22-14-16-8-4-2-5-9-16)27-21-23-19(17-12-13-17)25(24-21)18-10-6-3-7-11-18/h3,6-7,10-11,15-17H,2,4-5,8-9,12-14H2,1H3,(H,22,26)/t15-/m1/s1. The lowest BCUT2D eigenvalue weighted by Crippen LogP contribution is -2.35. The van der Waals surface area contributed by atoms with Gasteiger partial charge in [0.2, 0.25) is 11.1 Å². The minimum atomic E-state index is -0.188. The van der Waals surface area contributed by atoms with Crippen LogP contribution in [-0.2, 0) is 4.79 Å². The van der Waals surface area contributed by atoms with Crippen molar-refractivity contribution >= 4 is 17.7 Å². The molecule has 27 heavy (non-hydrogen) atoms. The molecule has 0 bridgehead atoms. The van der Waals surface area contributed by atoms with Gasteiger partial charge in [-0.2, -0.15) is 0 Å². The molecule has 5 nitrogen and oxygen atoms in total. The van der Waals surface area contributed by atoms with Gasteiger partial charge in [0, 0.05) is 12.5 Å². The van der Waals surface area contributed by atoms with Crippen molar-refractivity contribution in [3.8, 4) is 5.69 Å². The molecule has 0 radical (unpaired) electrons. The van der Waals surface area contributed by atoms with Crippen LogP contribution in [0.1, 0.15) is 63.6 Å². The molecule has 1 aromatic heterocycles. The molecular weight excluding hydrogens is 356 g/mol. The molecule has 144 valence electrons. The van der Waals surface area contributed by atoms with Crippen LogP contribution in [0.4, 0.5) is 0 Å². The van der Waals surface area contributed by atoms with E-state index in [-0.39, 0.29) is 11.2 Å². The molecular formula is C21H28N4OS. The Morgan fingerprint density at radius 2 is 1.93 bits per heavy atom. The van der Waals surface area contributed by atoms with E-state index >= 15 is 0 Å². The number of aromatic nitrogens is 3. The van der Waals surface area contributed by atoms with E-state index in [1.54, 1.807) is 0 Å². The Morgan fingerprint density at radius 1 is 1.19 bits per heavy atom. The number of carbonyl (C=O) groups is 1. The van der Waals surface area contributed by atoms with Gasteiger partial charge in [-0.05, 0) is 50.7 Å². The van der Waals surface area contributed by atoms with Crippen molar-refractivity contribution in [3.63, 3.8) is 0 Å². The van der Waals surface area contributed by atoms with E-state index < -0.39 is 0 Å². The van der Waals surface area contributed by atoms with Crippen molar-refractivity contribution in [3.05, 3.63) is 36.2 Å². The highest BCUT2D eigenvalue weighted by atomic mass is 32.2. The smallest absolute Gasteiger partial charge is 0.233 e. The molecule has 2 fully saturated rings. The van der Waals surface area contributed by atoms with Crippen molar-refractivity contribution in [2.24, 2.45) is 5.92 Å². The zero-order chi connectivity index (χ0) is 18.6. The van der Waals surface area contributed by atoms with E-state index in [2.05, 4.69) is 17.4 Å². The first-order chi connectivity index (χ1) is 13.2. The SMILES string of the molecule is C[C@@H](Sc1nc(C2CC2)n(-c2ccccc2)n1)C(=O)NCC1CCCCC1. The highest BCUT2D eigenvalue weighted by Crippen LogP contribution is 2.40. The number of benzene rings is 1. The fraction of sp³-hybridized carbons (Fsp3) is 0.571. The van der Waals surface area contributed by atoms with Gasteiger partial charge in [0.15, 0.2) is 0 Å². The molecule has 0 unspecified atom stereocenters. The first kappa shape index (κ1) is 18.5. The number of para-hydroxylation sites is 1. The molecule has 2 aliphatic rings. The summed E-state index contributed by atoms with van der Waals surface area (Å²) in [7, 11) is 0. The number of nitrogens with zero attached hydrogens (tertiary/aromatic N) is 3. The highest BCUT2D eigenvalue weighted by Gasteiger charge is 2.31. The number of nitrogens with one attached hydrogen (secondary N) is 1. The second kappa shape index (κ2) is 8.46. The van der Waals surface area contributed by atoms with Gasteiger partial charge in [-0.15, -0.1) is 5.10 Å². The summed E-state index contributed by atoms with van der Waals surface area (Å²) in [6.45, 7) is 2.75. The maximum atomic E-state index is 12.5. The van der Waals surface area contributed by atoms with Crippen LogP contribution in [0.5, 0.6) is 0 Å². The summed E-state index contributed by atoms with van der Waals surface area (Å²) in [4.78, 5) is 17.3. The van der Waals surface area contributed by atoms with Crippen LogP contribution >= 0.6 is 11.8 Å². The van der Waals surface area contributed by atoms with E-state index in [1.807, 2.05) is 29.8 Å². The second-order valence-corrected chi connectivity index (χ2v) is 9.09. The molecule has 1 aromatic carbocycles. The summed E-state index contributed by atoms with van der Waals surface area (Å²) in [5.74, 6) is 2.27. The summed E-state index contributed by atoms with van der Waals surface area (Å²) in [6.07, 6.45) is 8.78. The summed E-state index contributed by atoms with van der Waals surface area (Å²) in [6, 6.07) is 10.1. The van der Waals surface area contributed by atoms with Crippen LogP contribution in [0.2, 0.25) is 0 Å². The molecule has 2 aromatic rings. The van der Waals surface area contributed by atoms with Crippen molar-refractivity contribution < 1.29 is 4.79 Å². The number of hydrogen-bond donors (Lipinski definition) is 1.